The standard InChI is InChI=1S/C18H24N2O4/c1-4-20(5-2)17(22)13-7-6-8-14(10-13)19-16(21)11-24-18(23)15-9-12(15)3/h6-8,10,12,15H,4-5,9,11H2,1-3H3,(H,19,21)/t12-,15+/m1/s1. The van der Waals surface area contributed by atoms with E-state index in [2.05, 4.69) is 5.32 Å². The second kappa shape index (κ2) is 7.95. The molecule has 24 heavy (non-hydrogen) atoms. The molecule has 1 fully saturated rings. The van der Waals surface area contributed by atoms with Crippen LogP contribution in [0.5, 0.6) is 0 Å². The van der Waals surface area contributed by atoms with E-state index in [0.29, 0.717) is 30.3 Å². The van der Waals surface area contributed by atoms with Crippen molar-refractivity contribution in [2.45, 2.75) is 27.2 Å². The van der Waals surface area contributed by atoms with Crippen LogP contribution in [-0.2, 0) is 14.3 Å². The number of anilines is 1. The van der Waals surface area contributed by atoms with E-state index in [4.69, 9.17) is 4.74 Å². The summed E-state index contributed by atoms with van der Waals surface area (Å²) < 4.78 is 4.99. The topological polar surface area (TPSA) is 75.7 Å². The third-order valence-corrected chi connectivity index (χ3v) is 4.20. The molecule has 0 aliphatic heterocycles. The molecular weight excluding hydrogens is 308 g/mol. The number of esters is 1. The van der Waals surface area contributed by atoms with E-state index in [9.17, 15) is 14.4 Å². The molecule has 1 aromatic carbocycles. The minimum Gasteiger partial charge on any atom is -0.455 e. The van der Waals surface area contributed by atoms with Gasteiger partial charge < -0.3 is 15.0 Å². The van der Waals surface area contributed by atoms with Crippen LogP contribution in [0.4, 0.5) is 5.69 Å². The molecule has 0 saturated heterocycles. The zero-order valence-corrected chi connectivity index (χ0v) is 14.4. The summed E-state index contributed by atoms with van der Waals surface area (Å²) in [7, 11) is 0. The van der Waals surface area contributed by atoms with Crippen molar-refractivity contribution in [3.63, 3.8) is 0 Å². The number of carbonyl (C=O) groups is 3. The van der Waals surface area contributed by atoms with Crippen molar-refractivity contribution in [1.82, 2.24) is 4.90 Å². The number of carbonyl (C=O) groups excluding carboxylic acids is 3. The molecule has 1 saturated carbocycles. The molecule has 1 aliphatic carbocycles. The van der Waals surface area contributed by atoms with Gasteiger partial charge in [0.15, 0.2) is 6.61 Å². The van der Waals surface area contributed by atoms with Gasteiger partial charge in [-0.05, 0) is 44.4 Å². The number of hydrogen-bond donors (Lipinski definition) is 1. The largest absolute Gasteiger partial charge is 0.455 e. The Labute approximate surface area is 142 Å². The molecular formula is C18H24N2O4. The molecule has 0 heterocycles. The van der Waals surface area contributed by atoms with Crippen molar-refractivity contribution in [2.24, 2.45) is 11.8 Å². The van der Waals surface area contributed by atoms with Crippen LogP contribution in [0.3, 0.4) is 0 Å². The zero-order valence-electron chi connectivity index (χ0n) is 14.4. The summed E-state index contributed by atoms with van der Waals surface area (Å²) in [6, 6.07) is 6.75. The number of nitrogens with zero attached hydrogens (tertiary/aromatic N) is 1. The predicted molar refractivity (Wildman–Crippen MR) is 90.6 cm³/mol. The van der Waals surface area contributed by atoms with Crippen molar-refractivity contribution < 1.29 is 19.1 Å². The molecule has 0 spiro atoms. The van der Waals surface area contributed by atoms with Crippen LogP contribution in [0.2, 0.25) is 0 Å². The van der Waals surface area contributed by atoms with E-state index in [1.165, 1.54) is 0 Å². The third-order valence-electron chi connectivity index (χ3n) is 4.20. The number of rotatable bonds is 7. The van der Waals surface area contributed by atoms with Gasteiger partial charge in [0, 0.05) is 24.3 Å². The predicted octanol–water partition coefficient (Wildman–Crippen LogP) is 2.31. The van der Waals surface area contributed by atoms with Crippen LogP contribution in [0, 0.1) is 11.8 Å². The van der Waals surface area contributed by atoms with E-state index in [1.807, 2.05) is 20.8 Å². The van der Waals surface area contributed by atoms with E-state index in [-0.39, 0.29) is 24.4 Å². The van der Waals surface area contributed by atoms with Gasteiger partial charge in [0.05, 0.1) is 5.92 Å². The van der Waals surface area contributed by atoms with Gasteiger partial charge >= 0.3 is 5.97 Å². The van der Waals surface area contributed by atoms with Crippen molar-refractivity contribution in [2.75, 3.05) is 25.0 Å². The second-order valence-corrected chi connectivity index (χ2v) is 6.03. The van der Waals surface area contributed by atoms with Crippen LogP contribution < -0.4 is 5.32 Å². The Kier molecular flexibility index (Phi) is 5.95. The van der Waals surface area contributed by atoms with Gasteiger partial charge in [-0.25, -0.2) is 0 Å². The lowest BCUT2D eigenvalue weighted by atomic mass is 10.1. The van der Waals surface area contributed by atoms with Crippen molar-refractivity contribution >= 4 is 23.5 Å². The maximum Gasteiger partial charge on any atom is 0.309 e. The fourth-order valence-electron chi connectivity index (χ4n) is 2.51. The minimum atomic E-state index is -0.413. The maximum absolute atomic E-state index is 12.3. The lowest BCUT2D eigenvalue weighted by molar-refractivity contribution is -0.148. The van der Waals surface area contributed by atoms with Crippen molar-refractivity contribution in [1.29, 1.82) is 0 Å². The first-order valence-electron chi connectivity index (χ1n) is 8.32. The smallest absolute Gasteiger partial charge is 0.309 e. The van der Waals surface area contributed by atoms with E-state index in [1.54, 1.807) is 29.2 Å². The fraction of sp³-hybridized carbons (Fsp3) is 0.500. The molecule has 6 heteroatoms. The van der Waals surface area contributed by atoms with E-state index < -0.39 is 5.91 Å². The van der Waals surface area contributed by atoms with E-state index >= 15 is 0 Å². The average molecular weight is 332 g/mol. The Hall–Kier alpha value is -2.37. The number of ether oxygens (including phenoxy) is 1. The Bertz CT molecular complexity index is 625. The van der Waals surface area contributed by atoms with Crippen LogP contribution in [-0.4, -0.2) is 42.4 Å². The first-order chi connectivity index (χ1) is 11.5. The summed E-state index contributed by atoms with van der Waals surface area (Å²) in [4.78, 5) is 37.5. The molecule has 130 valence electrons. The normalized spacial score (nSPS) is 18.6. The first kappa shape index (κ1) is 18.0. The van der Waals surface area contributed by atoms with E-state index in [0.717, 1.165) is 6.42 Å². The summed E-state index contributed by atoms with van der Waals surface area (Å²) >= 11 is 0. The average Bonchev–Trinajstić information content (AvgIpc) is 3.31. The number of amides is 2. The lowest BCUT2D eigenvalue weighted by Gasteiger charge is -2.19. The Balaban J connectivity index is 1.90. The summed E-state index contributed by atoms with van der Waals surface area (Å²) in [5.41, 5.74) is 1.02. The highest BCUT2D eigenvalue weighted by Crippen LogP contribution is 2.38. The highest BCUT2D eigenvalue weighted by molar-refractivity contribution is 5.97. The molecule has 0 radical (unpaired) electrons. The van der Waals surface area contributed by atoms with Gasteiger partial charge in [-0.15, -0.1) is 0 Å². The van der Waals surface area contributed by atoms with Gasteiger partial charge in [-0.2, -0.15) is 0 Å². The highest BCUT2D eigenvalue weighted by atomic mass is 16.5. The molecule has 2 amide bonds. The molecule has 1 aromatic rings. The molecule has 1 aliphatic rings. The summed E-state index contributed by atoms with van der Waals surface area (Å²) in [6.45, 7) is 6.76. The third kappa shape index (κ3) is 4.57. The summed E-state index contributed by atoms with van der Waals surface area (Å²) in [6.07, 6.45) is 0.829. The molecule has 0 aromatic heterocycles. The molecule has 6 nitrogen and oxygen atoms in total. The molecule has 1 N–H and O–H groups in total. The van der Waals surface area contributed by atoms with Gasteiger partial charge in [-0.1, -0.05) is 13.0 Å². The maximum atomic E-state index is 12.3. The van der Waals surface area contributed by atoms with Crippen LogP contribution >= 0.6 is 0 Å². The van der Waals surface area contributed by atoms with Gasteiger partial charge in [0.1, 0.15) is 0 Å². The number of benzene rings is 1. The molecule has 0 unspecified atom stereocenters. The monoisotopic (exact) mass is 332 g/mol. The number of nitrogens with one attached hydrogen (secondary N) is 1. The molecule has 2 rings (SSSR count). The molecule has 2 atom stereocenters. The summed E-state index contributed by atoms with van der Waals surface area (Å²) in [5.74, 6) is -0.520. The second-order valence-electron chi connectivity index (χ2n) is 6.03. The van der Waals surface area contributed by atoms with Gasteiger partial charge in [0.2, 0.25) is 0 Å². The van der Waals surface area contributed by atoms with Crippen LogP contribution in [0.1, 0.15) is 37.6 Å². The van der Waals surface area contributed by atoms with Crippen molar-refractivity contribution in [3.05, 3.63) is 29.8 Å². The Morgan fingerprint density at radius 3 is 2.50 bits per heavy atom. The van der Waals surface area contributed by atoms with Crippen molar-refractivity contribution in [3.8, 4) is 0 Å². The highest BCUT2D eigenvalue weighted by Gasteiger charge is 2.40. The van der Waals surface area contributed by atoms with Gasteiger partial charge in [0.25, 0.3) is 11.8 Å². The SMILES string of the molecule is CCN(CC)C(=O)c1cccc(NC(=O)COC(=O)[C@H]2C[C@H]2C)c1. The summed E-state index contributed by atoms with van der Waals surface area (Å²) in [5, 5.41) is 2.65. The van der Waals surface area contributed by atoms with Crippen LogP contribution in [0.25, 0.3) is 0 Å². The number of hydrogen-bond acceptors (Lipinski definition) is 4. The lowest BCUT2D eigenvalue weighted by Crippen LogP contribution is -2.30. The van der Waals surface area contributed by atoms with Gasteiger partial charge in [-0.3, -0.25) is 14.4 Å². The Morgan fingerprint density at radius 2 is 1.92 bits per heavy atom. The molecule has 0 bridgehead atoms. The quantitative estimate of drug-likeness (QED) is 0.778. The zero-order chi connectivity index (χ0) is 17.7. The first-order valence-corrected chi connectivity index (χ1v) is 8.32. The Morgan fingerprint density at radius 1 is 1.25 bits per heavy atom. The fourth-order valence-corrected chi connectivity index (χ4v) is 2.51. The minimum absolute atomic E-state index is 0.0622. The van der Waals surface area contributed by atoms with Crippen LogP contribution in [0.15, 0.2) is 24.3 Å².